The quantitative estimate of drug-likeness (QED) is 0.574. The number of hydrogen-bond acceptors (Lipinski definition) is 5. The Hall–Kier alpha value is -3.60. The number of hydrogen-bond donors (Lipinski definition) is 2. The number of carbonyl (C=O) groups excluding carboxylic acids is 3. The molecule has 0 unspecified atom stereocenters. The van der Waals surface area contributed by atoms with Gasteiger partial charge in [0, 0.05) is 37.5 Å². The van der Waals surface area contributed by atoms with Gasteiger partial charge in [-0.15, -0.1) is 0 Å². The first-order valence-electron chi connectivity index (χ1n) is 11.6. The van der Waals surface area contributed by atoms with E-state index < -0.39 is 30.2 Å². The Morgan fingerprint density at radius 2 is 1.92 bits per heavy atom. The maximum Gasteiger partial charge on any atom is 0.416 e. The summed E-state index contributed by atoms with van der Waals surface area (Å²) >= 11 is 0. The molecule has 2 aliphatic rings. The summed E-state index contributed by atoms with van der Waals surface area (Å²) in [5.41, 5.74) is -0.262. The molecule has 2 fully saturated rings. The Morgan fingerprint density at radius 1 is 1.14 bits per heavy atom. The fraction of sp³-hybridized carbons (Fsp3) is 0.400. The molecular formula is C25H26F3N3O5. The van der Waals surface area contributed by atoms with Gasteiger partial charge in [-0.3, -0.25) is 14.4 Å². The number of halogens is 3. The van der Waals surface area contributed by atoms with Gasteiger partial charge in [-0.2, -0.15) is 13.2 Å². The van der Waals surface area contributed by atoms with Crippen molar-refractivity contribution in [1.29, 1.82) is 0 Å². The Kier molecular flexibility index (Phi) is 7.78. The van der Waals surface area contributed by atoms with Crippen molar-refractivity contribution < 1.29 is 37.0 Å². The minimum atomic E-state index is -4.51. The zero-order valence-corrected chi connectivity index (χ0v) is 19.3. The smallest absolute Gasteiger partial charge is 0.416 e. The summed E-state index contributed by atoms with van der Waals surface area (Å²) in [5, 5.41) is 5.23. The molecule has 2 aromatic rings. The lowest BCUT2D eigenvalue weighted by molar-refractivity contribution is -0.137. The summed E-state index contributed by atoms with van der Waals surface area (Å²) in [6, 6.07) is 10.8. The highest BCUT2D eigenvalue weighted by molar-refractivity contribution is 6.00. The molecule has 0 saturated carbocycles. The Bertz CT molecular complexity index is 1100. The van der Waals surface area contributed by atoms with Crippen LogP contribution in [0.4, 0.5) is 24.5 Å². The third kappa shape index (κ3) is 6.54. The first-order chi connectivity index (χ1) is 17.2. The Balaban J connectivity index is 1.25. The van der Waals surface area contributed by atoms with Gasteiger partial charge in [-0.25, -0.2) is 0 Å². The number of rotatable bonds is 8. The van der Waals surface area contributed by atoms with Crippen LogP contribution in [0.25, 0.3) is 0 Å². The van der Waals surface area contributed by atoms with Crippen molar-refractivity contribution >= 4 is 29.1 Å². The van der Waals surface area contributed by atoms with Crippen LogP contribution in [0.15, 0.2) is 48.5 Å². The number of nitrogens with one attached hydrogen (secondary N) is 2. The van der Waals surface area contributed by atoms with Gasteiger partial charge >= 0.3 is 6.18 Å². The highest BCUT2D eigenvalue weighted by Crippen LogP contribution is 2.31. The van der Waals surface area contributed by atoms with Crippen molar-refractivity contribution in [3.63, 3.8) is 0 Å². The van der Waals surface area contributed by atoms with Crippen LogP contribution in [0.5, 0.6) is 5.75 Å². The summed E-state index contributed by atoms with van der Waals surface area (Å²) < 4.78 is 49.3. The summed E-state index contributed by atoms with van der Waals surface area (Å²) in [5.74, 6) is -1.07. The molecule has 3 amide bonds. The van der Waals surface area contributed by atoms with E-state index in [0.29, 0.717) is 24.6 Å². The predicted molar refractivity (Wildman–Crippen MR) is 124 cm³/mol. The number of ether oxygens (including phenoxy) is 2. The summed E-state index contributed by atoms with van der Waals surface area (Å²) in [6.07, 6.45) is -2.47. The van der Waals surface area contributed by atoms with Crippen LogP contribution in [0.1, 0.15) is 24.8 Å². The van der Waals surface area contributed by atoms with Crippen molar-refractivity contribution in [2.75, 3.05) is 36.5 Å². The van der Waals surface area contributed by atoms with Gasteiger partial charge in [-0.1, -0.05) is 6.07 Å². The van der Waals surface area contributed by atoms with Gasteiger partial charge < -0.3 is 25.0 Å². The third-order valence-electron chi connectivity index (χ3n) is 6.02. The van der Waals surface area contributed by atoms with E-state index in [2.05, 4.69) is 10.6 Å². The molecule has 2 N–H and O–H groups in total. The average Bonchev–Trinajstić information content (AvgIpc) is 3.51. The van der Waals surface area contributed by atoms with Crippen LogP contribution >= 0.6 is 0 Å². The first kappa shape index (κ1) is 25.5. The molecule has 0 radical (unpaired) electrons. The molecule has 11 heteroatoms. The summed E-state index contributed by atoms with van der Waals surface area (Å²) in [7, 11) is 0. The lowest BCUT2D eigenvalue weighted by Gasteiger charge is -2.18. The Labute approximate surface area is 205 Å². The van der Waals surface area contributed by atoms with Crippen LogP contribution < -0.4 is 20.3 Å². The minimum absolute atomic E-state index is 0.00989. The highest BCUT2D eigenvalue weighted by Gasteiger charge is 2.35. The summed E-state index contributed by atoms with van der Waals surface area (Å²) in [6.45, 7) is 0.994. The lowest BCUT2D eigenvalue weighted by atomic mass is 10.1. The molecule has 192 valence electrons. The van der Waals surface area contributed by atoms with Gasteiger partial charge in [-0.05, 0) is 55.3 Å². The zero-order chi connectivity index (χ0) is 25.7. The molecule has 0 aliphatic carbocycles. The zero-order valence-electron chi connectivity index (χ0n) is 19.3. The number of amides is 3. The fourth-order valence-electron chi connectivity index (χ4n) is 4.14. The lowest BCUT2D eigenvalue weighted by Crippen LogP contribution is -2.37. The maximum absolute atomic E-state index is 12.8. The van der Waals surface area contributed by atoms with Gasteiger partial charge in [0.15, 0.2) is 6.61 Å². The van der Waals surface area contributed by atoms with Crippen LogP contribution in [0, 0.1) is 5.92 Å². The largest absolute Gasteiger partial charge is 0.484 e. The maximum atomic E-state index is 12.8. The molecule has 2 atom stereocenters. The highest BCUT2D eigenvalue weighted by atomic mass is 19.4. The van der Waals surface area contributed by atoms with E-state index in [1.165, 1.54) is 17.0 Å². The van der Waals surface area contributed by atoms with Crippen LogP contribution in [0.2, 0.25) is 0 Å². The molecule has 8 nitrogen and oxygen atoms in total. The Morgan fingerprint density at radius 3 is 2.61 bits per heavy atom. The minimum Gasteiger partial charge on any atom is -0.484 e. The average molecular weight is 505 g/mol. The van der Waals surface area contributed by atoms with Crippen molar-refractivity contribution in [2.45, 2.75) is 31.5 Å². The SMILES string of the molecule is O=C(COc1ccc(N2C[C@@H](C(=O)NC[C@H]3CCCO3)CC2=O)cc1)Nc1cccc(C(F)(F)F)c1. The van der Waals surface area contributed by atoms with Crippen LogP contribution in [-0.2, 0) is 25.3 Å². The fourth-order valence-corrected chi connectivity index (χ4v) is 4.14. The number of alkyl halides is 3. The number of nitrogens with zero attached hydrogens (tertiary/aromatic N) is 1. The van der Waals surface area contributed by atoms with E-state index in [0.717, 1.165) is 25.0 Å². The first-order valence-corrected chi connectivity index (χ1v) is 11.6. The predicted octanol–water partition coefficient (Wildman–Crippen LogP) is 3.37. The van der Waals surface area contributed by atoms with E-state index in [-0.39, 0.29) is 36.6 Å². The van der Waals surface area contributed by atoms with E-state index >= 15 is 0 Å². The standard InChI is InChI=1S/C25H26F3N3O5/c26-25(27,28)17-3-1-4-18(12-17)30-22(32)15-36-20-8-6-19(7-9-20)31-14-16(11-23(31)33)24(34)29-13-21-5-2-10-35-21/h1,3-4,6-9,12,16,21H,2,5,10-11,13-15H2,(H,29,34)(H,30,32)/t16-,21+/m0/s1. The second kappa shape index (κ2) is 11.0. The van der Waals surface area contributed by atoms with Crippen molar-refractivity contribution in [1.82, 2.24) is 5.32 Å². The molecule has 2 aromatic carbocycles. The van der Waals surface area contributed by atoms with Crippen molar-refractivity contribution in [2.24, 2.45) is 5.92 Å². The van der Waals surface area contributed by atoms with Crippen LogP contribution in [-0.4, -0.2) is 50.1 Å². The van der Waals surface area contributed by atoms with Gasteiger partial charge in [0.05, 0.1) is 17.6 Å². The second-order valence-corrected chi connectivity index (χ2v) is 8.69. The topological polar surface area (TPSA) is 97.0 Å². The third-order valence-corrected chi connectivity index (χ3v) is 6.02. The molecule has 0 bridgehead atoms. The molecular weight excluding hydrogens is 479 g/mol. The van der Waals surface area contributed by atoms with Gasteiger partial charge in [0.2, 0.25) is 11.8 Å². The molecule has 2 aliphatic heterocycles. The molecule has 2 saturated heterocycles. The molecule has 36 heavy (non-hydrogen) atoms. The number of anilines is 2. The number of benzene rings is 2. The van der Waals surface area contributed by atoms with Gasteiger partial charge in [0.25, 0.3) is 5.91 Å². The van der Waals surface area contributed by atoms with Gasteiger partial charge in [0.1, 0.15) is 5.75 Å². The monoisotopic (exact) mass is 505 g/mol. The molecule has 0 aromatic heterocycles. The van der Waals surface area contributed by atoms with E-state index in [1.807, 2.05) is 0 Å². The normalized spacial score (nSPS) is 19.9. The number of carbonyl (C=O) groups is 3. The van der Waals surface area contributed by atoms with E-state index in [9.17, 15) is 27.6 Å². The summed E-state index contributed by atoms with van der Waals surface area (Å²) in [4.78, 5) is 38.6. The molecule has 0 spiro atoms. The molecule has 2 heterocycles. The molecule has 4 rings (SSSR count). The second-order valence-electron chi connectivity index (χ2n) is 8.69. The van der Waals surface area contributed by atoms with Crippen LogP contribution in [0.3, 0.4) is 0 Å². The van der Waals surface area contributed by atoms with Crippen molar-refractivity contribution in [3.05, 3.63) is 54.1 Å². The van der Waals surface area contributed by atoms with E-state index in [1.54, 1.807) is 24.3 Å². The van der Waals surface area contributed by atoms with Crippen molar-refractivity contribution in [3.8, 4) is 5.75 Å². The van der Waals surface area contributed by atoms with E-state index in [4.69, 9.17) is 9.47 Å².